The molecular formula is C13H11F2NO3. The van der Waals surface area contributed by atoms with E-state index in [2.05, 4.69) is 4.98 Å². The minimum atomic E-state index is -1.34. The fourth-order valence-electron chi connectivity index (χ4n) is 2.01. The highest BCUT2D eigenvalue weighted by atomic mass is 19.1. The number of ether oxygens (including phenoxy) is 1. The Bertz CT molecular complexity index is 671. The molecule has 1 aromatic carbocycles. The van der Waals surface area contributed by atoms with Gasteiger partial charge in [0.25, 0.3) is 0 Å². The first-order valence-electron chi connectivity index (χ1n) is 5.46. The van der Waals surface area contributed by atoms with Gasteiger partial charge in [0.15, 0.2) is 0 Å². The fraction of sp³-hybridized carbons (Fsp3) is 0.231. The van der Waals surface area contributed by atoms with Crippen molar-refractivity contribution in [3.63, 3.8) is 0 Å². The molecule has 0 amide bonds. The Kier molecular flexibility index (Phi) is 3.44. The number of hydrogen-bond acceptors (Lipinski definition) is 3. The Labute approximate surface area is 107 Å². The fourth-order valence-corrected chi connectivity index (χ4v) is 2.01. The Hall–Kier alpha value is -2.08. The van der Waals surface area contributed by atoms with Gasteiger partial charge in [0.05, 0.1) is 17.6 Å². The van der Waals surface area contributed by atoms with Gasteiger partial charge in [0.1, 0.15) is 17.2 Å². The lowest BCUT2D eigenvalue weighted by atomic mass is 10.0. The monoisotopic (exact) mass is 267 g/mol. The van der Waals surface area contributed by atoms with Crippen molar-refractivity contribution >= 4 is 16.9 Å². The van der Waals surface area contributed by atoms with Gasteiger partial charge in [-0.25, -0.2) is 18.6 Å². The number of benzene rings is 1. The summed E-state index contributed by atoms with van der Waals surface area (Å²) in [6.07, 6.45) is 0. The first-order valence-corrected chi connectivity index (χ1v) is 5.46. The Balaban J connectivity index is 2.98. The van der Waals surface area contributed by atoms with Crippen LogP contribution >= 0.6 is 0 Å². The molecule has 0 bridgehead atoms. The van der Waals surface area contributed by atoms with E-state index in [4.69, 9.17) is 4.74 Å². The maximum atomic E-state index is 13.8. The van der Waals surface area contributed by atoms with Crippen LogP contribution in [-0.4, -0.2) is 23.2 Å². The zero-order valence-electron chi connectivity index (χ0n) is 10.3. The molecule has 0 aliphatic rings. The molecule has 0 atom stereocenters. The molecule has 100 valence electrons. The number of halogens is 2. The van der Waals surface area contributed by atoms with Crippen molar-refractivity contribution in [1.82, 2.24) is 4.98 Å². The summed E-state index contributed by atoms with van der Waals surface area (Å²) >= 11 is 0. The van der Waals surface area contributed by atoms with Crippen LogP contribution in [0, 0.1) is 18.6 Å². The quantitative estimate of drug-likeness (QED) is 0.928. The summed E-state index contributed by atoms with van der Waals surface area (Å²) < 4.78 is 32.4. The average molecular weight is 267 g/mol. The molecule has 2 aromatic rings. The van der Waals surface area contributed by atoms with Crippen LogP contribution in [-0.2, 0) is 11.3 Å². The summed E-state index contributed by atoms with van der Waals surface area (Å²) in [6, 6.07) is 1.81. The highest BCUT2D eigenvalue weighted by Gasteiger charge is 2.22. The van der Waals surface area contributed by atoms with Gasteiger partial charge in [-0.2, -0.15) is 0 Å². The summed E-state index contributed by atoms with van der Waals surface area (Å²) in [6.45, 7) is 1.50. The number of fused-ring (bicyclic) bond motifs is 1. The molecular weight excluding hydrogens is 256 g/mol. The Morgan fingerprint density at radius 1 is 1.37 bits per heavy atom. The van der Waals surface area contributed by atoms with Crippen LogP contribution in [0.15, 0.2) is 12.1 Å². The van der Waals surface area contributed by atoms with Crippen molar-refractivity contribution in [3.05, 3.63) is 40.6 Å². The van der Waals surface area contributed by atoms with Gasteiger partial charge in [-0.15, -0.1) is 0 Å². The second-order valence-corrected chi connectivity index (χ2v) is 4.04. The van der Waals surface area contributed by atoms with Crippen LogP contribution in [0.25, 0.3) is 10.9 Å². The highest BCUT2D eigenvalue weighted by Crippen LogP contribution is 2.28. The number of carbonyl (C=O) groups is 1. The summed E-state index contributed by atoms with van der Waals surface area (Å²) in [5.41, 5.74) is -0.0423. The van der Waals surface area contributed by atoms with E-state index in [1.807, 2.05) is 0 Å². The van der Waals surface area contributed by atoms with Crippen molar-refractivity contribution < 1.29 is 23.4 Å². The largest absolute Gasteiger partial charge is 0.478 e. The van der Waals surface area contributed by atoms with Crippen LogP contribution in [0.1, 0.15) is 21.6 Å². The Morgan fingerprint density at radius 3 is 2.58 bits per heavy atom. The van der Waals surface area contributed by atoms with Gasteiger partial charge in [-0.3, -0.25) is 0 Å². The third-order valence-corrected chi connectivity index (χ3v) is 2.85. The lowest BCUT2D eigenvalue weighted by Crippen LogP contribution is -2.10. The lowest BCUT2D eigenvalue weighted by Gasteiger charge is -2.12. The number of nitrogens with zero attached hydrogens (tertiary/aromatic N) is 1. The molecule has 2 rings (SSSR count). The van der Waals surface area contributed by atoms with E-state index in [9.17, 15) is 18.7 Å². The van der Waals surface area contributed by atoms with E-state index in [0.29, 0.717) is 5.69 Å². The number of pyridine rings is 1. The molecule has 0 saturated heterocycles. The average Bonchev–Trinajstić information content (AvgIpc) is 2.35. The van der Waals surface area contributed by atoms with Crippen LogP contribution in [0.2, 0.25) is 0 Å². The van der Waals surface area contributed by atoms with Gasteiger partial charge in [0.2, 0.25) is 0 Å². The van der Waals surface area contributed by atoms with E-state index in [1.54, 1.807) is 0 Å². The van der Waals surface area contributed by atoms with E-state index >= 15 is 0 Å². The molecule has 1 heterocycles. The first kappa shape index (κ1) is 13.4. The first-order chi connectivity index (χ1) is 8.97. The molecule has 0 spiro atoms. The van der Waals surface area contributed by atoms with Gasteiger partial charge < -0.3 is 9.84 Å². The van der Waals surface area contributed by atoms with Crippen molar-refractivity contribution in [2.24, 2.45) is 0 Å². The van der Waals surface area contributed by atoms with Gasteiger partial charge in [0, 0.05) is 18.4 Å². The predicted octanol–water partition coefficient (Wildman–Crippen LogP) is 2.67. The number of aryl methyl sites for hydroxylation is 1. The smallest absolute Gasteiger partial charge is 0.336 e. The number of carboxylic acids is 1. The zero-order valence-corrected chi connectivity index (χ0v) is 10.3. The van der Waals surface area contributed by atoms with E-state index in [-0.39, 0.29) is 28.6 Å². The number of rotatable bonds is 3. The molecule has 1 N–H and O–H groups in total. The molecule has 19 heavy (non-hydrogen) atoms. The van der Waals surface area contributed by atoms with Gasteiger partial charge in [-0.1, -0.05) is 0 Å². The Morgan fingerprint density at radius 2 is 2.00 bits per heavy atom. The van der Waals surface area contributed by atoms with Crippen LogP contribution in [0.4, 0.5) is 8.78 Å². The molecule has 1 aromatic heterocycles. The number of methoxy groups -OCH3 is 1. The molecule has 6 heteroatoms. The number of aromatic carboxylic acids is 1. The minimum Gasteiger partial charge on any atom is -0.478 e. The number of hydrogen-bond donors (Lipinski definition) is 1. The molecule has 4 nitrogen and oxygen atoms in total. The molecule has 0 saturated carbocycles. The van der Waals surface area contributed by atoms with Crippen LogP contribution in [0.5, 0.6) is 0 Å². The van der Waals surface area contributed by atoms with E-state index in [1.165, 1.54) is 14.0 Å². The third-order valence-electron chi connectivity index (χ3n) is 2.85. The van der Waals surface area contributed by atoms with Crippen molar-refractivity contribution in [2.75, 3.05) is 7.11 Å². The highest BCUT2D eigenvalue weighted by molar-refractivity contribution is 6.04. The summed E-state index contributed by atoms with van der Waals surface area (Å²) in [5.74, 6) is -2.92. The van der Waals surface area contributed by atoms with Gasteiger partial charge >= 0.3 is 5.97 Å². The second-order valence-electron chi connectivity index (χ2n) is 4.04. The van der Waals surface area contributed by atoms with Crippen molar-refractivity contribution in [1.29, 1.82) is 0 Å². The lowest BCUT2D eigenvalue weighted by molar-refractivity contribution is 0.0693. The summed E-state index contributed by atoms with van der Waals surface area (Å²) in [5, 5.41) is 8.93. The topological polar surface area (TPSA) is 59.4 Å². The SMILES string of the molecule is COCc1c(C)nc2c(F)ccc(F)c2c1C(=O)O. The summed E-state index contributed by atoms with van der Waals surface area (Å²) in [7, 11) is 1.39. The van der Waals surface area contributed by atoms with Gasteiger partial charge in [-0.05, 0) is 19.1 Å². The molecule has 0 aliphatic heterocycles. The normalized spacial score (nSPS) is 10.9. The van der Waals surface area contributed by atoms with Crippen LogP contribution < -0.4 is 0 Å². The second kappa shape index (κ2) is 4.89. The third kappa shape index (κ3) is 2.15. The minimum absolute atomic E-state index is 0.0354. The van der Waals surface area contributed by atoms with E-state index < -0.39 is 17.6 Å². The molecule has 0 radical (unpaired) electrons. The maximum Gasteiger partial charge on any atom is 0.336 e. The standard InChI is InChI=1S/C13H11F2NO3/c1-6-7(5-19-2)10(13(17)18)11-8(14)3-4-9(15)12(11)16-6/h3-4H,5H2,1-2H3,(H,17,18). The molecule has 0 aliphatic carbocycles. The number of aromatic nitrogens is 1. The summed E-state index contributed by atoms with van der Waals surface area (Å²) in [4.78, 5) is 15.3. The molecule has 0 fully saturated rings. The predicted molar refractivity (Wildman–Crippen MR) is 64.1 cm³/mol. The zero-order chi connectivity index (χ0) is 14.2. The van der Waals surface area contributed by atoms with E-state index in [0.717, 1.165) is 12.1 Å². The maximum absolute atomic E-state index is 13.8. The van der Waals surface area contributed by atoms with Crippen molar-refractivity contribution in [3.8, 4) is 0 Å². The molecule has 0 unspecified atom stereocenters. The van der Waals surface area contributed by atoms with Crippen molar-refractivity contribution in [2.45, 2.75) is 13.5 Å². The number of carboxylic acid groups (broad SMARTS) is 1. The van der Waals surface area contributed by atoms with Crippen LogP contribution in [0.3, 0.4) is 0 Å².